The van der Waals surface area contributed by atoms with E-state index in [1.807, 2.05) is 0 Å². The van der Waals surface area contributed by atoms with E-state index < -0.39 is 0 Å². The summed E-state index contributed by atoms with van der Waals surface area (Å²) < 4.78 is 0. The molecule has 0 bridgehead atoms. The van der Waals surface area contributed by atoms with Gasteiger partial charge in [0.25, 0.3) is 0 Å². The molecule has 0 aliphatic heterocycles. The van der Waals surface area contributed by atoms with Crippen molar-refractivity contribution in [2.24, 2.45) is 5.73 Å². The second kappa shape index (κ2) is 4.80. The van der Waals surface area contributed by atoms with Crippen molar-refractivity contribution >= 4 is 0 Å². The quantitative estimate of drug-likeness (QED) is 0.794. The Hall–Kier alpha value is -0.820. The Morgan fingerprint density at radius 2 is 1.27 bits per heavy atom. The lowest BCUT2D eigenvalue weighted by molar-refractivity contribution is 0.728. The summed E-state index contributed by atoms with van der Waals surface area (Å²) in [7, 11) is 0. The minimum Gasteiger partial charge on any atom is -0.324 e. The van der Waals surface area contributed by atoms with Gasteiger partial charge >= 0.3 is 0 Å². The summed E-state index contributed by atoms with van der Waals surface area (Å²) in [6.45, 7) is 11.0. The topological polar surface area (TPSA) is 26.0 Å². The predicted molar refractivity (Wildman–Crippen MR) is 67.2 cm³/mol. The van der Waals surface area contributed by atoms with Gasteiger partial charge in [0, 0.05) is 6.04 Å². The zero-order valence-electron chi connectivity index (χ0n) is 10.5. The third kappa shape index (κ3) is 2.60. The molecule has 0 saturated heterocycles. The van der Waals surface area contributed by atoms with Gasteiger partial charge in [-0.1, -0.05) is 45.9 Å². The van der Waals surface area contributed by atoms with Crippen molar-refractivity contribution in [2.45, 2.75) is 52.5 Å². The largest absolute Gasteiger partial charge is 0.324 e. The van der Waals surface area contributed by atoms with Gasteiger partial charge in [-0.2, -0.15) is 0 Å². The van der Waals surface area contributed by atoms with Gasteiger partial charge in [0.15, 0.2) is 0 Å². The molecule has 1 unspecified atom stereocenters. The Labute approximate surface area is 93.7 Å². The van der Waals surface area contributed by atoms with Crippen LogP contribution in [0.25, 0.3) is 0 Å². The van der Waals surface area contributed by atoms with Gasteiger partial charge in [-0.25, -0.2) is 0 Å². The summed E-state index contributed by atoms with van der Waals surface area (Å²) in [6.07, 6.45) is 0. The van der Waals surface area contributed by atoms with Gasteiger partial charge in [-0.15, -0.1) is 0 Å². The first-order valence-corrected chi connectivity index (χ1v) is 5.83. The maximum atomic E-state index is 6.09. The smallest absolute Gasteiger partial charge is 0.0271 e. The zero-order valence-corrected chi connectivity index (χ0v) is 10.5. The van der Waals surface area contributed by atoms with Crippen molar-refractivity contribution in [1.82, 2.24) is 0 Å². The van der Waals surface area contributed by atoms with E-state index >= 15 is 0 Å². The number of hydrogen-bond donors (Lipinski definition) is 1. The highest BCUT2D eigenvalue weighted by Crippen LogP contribution is 2.31. The zero-order chi connectivity index (χ0) is 11.6. The van der Waals surface area contributed by atoms with Crippen molar-refractivity contribution < 1.29 is 0 Å². The molecule has 84 valence electrons. The molecule has 0 heterocycles. The summed E-state index contributed by atoms with van der Waals surface area (Å²) in [5.74, 6) is 1.09. The maximum Gasteiger partial charge on any atom is 0.0271 e. The van der Waals surface area contributed by atoms with E-state index in [1.54, 1.807) is 0 Å². The summed E-state index contributed by atoms with van der Waals surface area (Å²) in [6, 6.07) is 6.68. The summed E-state index contributed by atoms with van der Waals surface area (Å²) in [4.78, 5) is 0. The molecular weight excluding hydrogens is 182 g/mol. The van der Waals surface area contributed by atoms with E-state index in [1.165, 1.54) is 16.7 Å². The number of benzene rings is 1. The van der Waals surface area contributed by atoms with Crippen LogP contribution in [-0.2, 0) is 0 Å². The minimum atomic E-state index is 0.126. The monoisotopic (exact) mass is 205 g/mol. The molecule has 1 atom stereocenters. The molecule has 1 rings (SSSR count). The van der Waals surface area contributed by atoms with Crippen LogP contribution in [0.3, 0.4) is 0 Å². The third-order valence-electron chi connectivity index (χ3n) is 2.87. The van der Waals surface area contributed by atoms with Gasteiger partial charge in [0.05, 0.1) is 0 Å². The van der Waals surface area contributed by atoms with Crippen molar-refractivity contribution in [3.63, 3.8) is 0 Å². The molecule has 2 N–H and O–H groups in total. The Kier molecular flexibility index (Phi) is 3.92. The average molecular weight is 205 g/mol. The van der Waals surface area contributed by atoms with Gasteiger partial charge in [-0.05, 0) is 35.4 Å². The molecule has 15 heavy (non-hydrogen) atoms. The van der Waals surface area contributed by atoms with Crippen molar-refractivity contribution in [3.8, 4) is 0 Å². The Morgan fingerprint density at radius 3 is 1.53 bits per heavy atom. The lowest BCUT2D eigenvalue weighted by atomic mass is 9.86. The van der Waals surface area contributed by atoms with Gasteiger partial charge in [0.1, 0.15) is 0 Å². The van der Waals surface area contributed by atoms with Crippen LogP contribution in [0.5, 0.6) is 0 Å². The van der Waals surface area contributed by atoms with Gasteiger partial charge in [0.2, 0.25) is 0 Å². The number of nitrogens with two attached hydrogens (primary N) is 1. The molecule has 1 heteroatoms. The fourth-order valence-electron chi connectivity index (χ4n) is 2.13. The highest BCUT2D eigenvalue weighted by atomic mass is 14.6. The highest BCUT2D eigenvalue weighted by Gasteiger charge is 2.15. The second-order valence-electron chi connectivity index (χ2n) is 4.95. The molecule has 1 nitrogen and oxygen atoms in total. The molecule has 0 aromatic heterocycles. The highest BCUT2D eigenvalue weighted by molar-refractivity contribution is 5.40. The van der Waals surface area contributed by atoms with E-state index in [0.717, 1.165) is 0 Å². The molecule has 0 aliphatic rings. The summed E-state index contributed by atoms with van der Waals surface area (Å²) in [5, 5.41) is 0. The number of hydrogen-bond acceptors (Lipinski definition) is 1. The van der Waals surface area contributed by atoms with E-state index in [0.29, 0.717) is 11.8 Å². The molecule has 0 aliphatic carbocycles. The van der Waals surface area contributed by atoms with E-state index in [9.17, 15) is 0 Å². The Morgan fingerprint density at radius 1 is 0.867 bits per heavy atom. The lowest BCUT2D eigenvalue weighted by Gasteiger charge is -2.22. The lowest BCUT2D eigenvalue weighted by Crippen LogP contribution is -2.13. The minimum absolute atomic E-state index is 0.126. The Balaban J connectivity index is 3.35. The van der Waals surface area contributed by atoms with E-state index in [4.69, 9.17) is 5.73 Å². The number of rotatable bonds is 3. The average Bonchev–Trinajstić information content (AvgIpc) is 2.16. The van der Waals surface area contributed by atoms with Crippen LogP contribution < -0.4 is 5.73 Å². The van der Waals surface area contributed by atoms with Gasteiger partial charge < -0.3 is 5.73 Å². The standard InChI is InChI=1S/C14H23N/c1-9(2)12-7-6-8-13(10(3)4)14(12)11(5)15/h6-11H,15H2,1-5H3. The summed E-state index contributed by atoms with van der Waals surface area (Å²) in [5.41, 5.74) is 10.2. The normalized spacial score (nSPS) is 13.6. The molecule has 0 spiro atoms. The van der Waals surface area contributed by atoms with Crippen LogP contribution in [0.15, 0.2) is 18.2 Å². The maximum absolute atomic E-state index is 6.09. The third-order valence-corrected chi connectivity index (χ3v) is 2.87. The first-order valence-electron chi connectivity index (χ1n) is 5.83. The predicted octanol–water partition coefficient (Wildman–Crippen LogP) is 3.95. The van der Waals surface area contributed by atoms with Crippen LogP contribution in [0.2, 0.25) is 0 Å². The van der Waals surface area contributed by atoms with Crippen LogP contribution in [0.1, 0.15) is 69.2 Å². The molecular formula is C14H23N. The second-order valence-corrected chi connectivity index (χ2v) is 4.95. The molecule has 0 amide bonds. The first-order chi connectivity index (χ1) is 6.95. The fourth-order valence-corrected chi connectivity index (χ4v) is 2.13. The molecule has 0 radical (unpaired) electrons. The summed E-state index contributed by atoms with van der Waals surface area (Å²) >= 11 is 0. The SMILES string of the molecule is CC(C)c1cccc(C(C)C)c1C(C)N. The van der Waals surface area contributed by atoms with Crippen molar-refractivity contribution in [3.05, 3.63) is 34.9 Å². The molecule has 0 saturated carbocycles. The van der Waals surface area contributed by atoms with Crippen molar-refractivity contribution in [1.29, 1.82) is 0 Å². The first kappa shape index (κ1) is 12.3. The van der Waals surface area contributed by atoms with Crippen LogP contribution in [0, 0.1) is 0 Å². The van der Waals surface area contributed by atoms with Crippen LogP contribution in [-0.4, -0.2) is 0 Å². The Bertz CT molecular complexity index is 298. The van der Waals surface area contributed by atoms with Gasteiger partial charge in [-0.3, -0.25) is 0 Å². The molecule has 1 aromatic rings. The van der Waals surface area contributed by atoms with Crippen molar-refractivity contribution in [2.75, 3.05) is 0 Å². The molecule has 1 aromatic carbocycles. The van der Waals surface area contributed by atoms with Crippen LogP contribution >= 0.6 is 0 Å². The van der Waals surface area contributed by atoms with E-state index in [2.05, 4.69) is 52.8 Å². The fraction of sp³-hybridized carbons (Fsp3) is 0.571. The van der Waals surface area contributed by atoms with Crippen LogP contribution in [0.4, 0.5) is 0 Å². The van der Waals surface area contributed by atoms with E-state index in [-0.39, 0.29) is 6.04 Å². The molecule has 0 fully saturated rings.